The van der Waals surface area contributed by atoms with Crippen molar-refractivity contribution in [1.82, 2.24) is 20.0 Å². The number of aryl methyl sites for hydroxylation is 1. The number of aromatic nitrogens is 4. The molecule has 199 valence electrons. The Balaban J connectivity index is 1.60. The highest BCUT2D eigenvalue weighted by atomic mass is 28.3. The predicted molar refractivity (Wildman–Crippen MR) is 133 cm³/mol. The van der Waals surface area contributed by atoms with Crippen LogP contribution in [0.3, 0.4) is 0 Å². The van der Waals surface area contributed by atoms with E-state index in [0.717, 1.165) is 18.2 Å². The van der Waals surface area contributed by atoms with Gasteiger partial charge in [0.2, 0.25) is 5.91 Å². The molecule has 0 bridgehead atoms. The molecule has 4 rings (SSSR count). The van der Waals surface area contributed by atoms with Crippen LogP contribution in [-0.2, 0) is 22.7 Å². The molecular formula is C25H29F4N5O2Si-. The SMILES string of the molecule is Cc1cnncc1-c1c(F)c(N2CCC(Cc3cc(F)c(F)c(F)c3)C2=O)nn1COCC[Si-](C)(C)C. The van der Waals surface area contributed by atoms with Crippen molar-refractivity contribution >= 4 is 19.8 Å². The number of ether oxygens (including phenoxy) is 1. The van der Waals surface area contributed by atoms with E-state index in [4.69, 9.17) is 4.74 Å². The summed E-state index contributed by atoms with van der Waals surface area (Å²) in [4.78, 5) is 14.4. The fourth-order valence-electron chi connectivity index (χ4n) is 4.26. The molecule has 0 saturated carbocycles. The Bertz CT molecular complexity index is 1290. The maximum Gasteiger partial charge on any atom is 0.231 e. The molecule has 7 nitrogen and oxygen atoms in total. The fraction of sp³-hybridized carbons (Fsp3) is 0.440. The third-order valence-corrected chi connectivity index (χ3v) is 8.07. The molecule has 3 aromatic rings. The second-order valence-electron chi connectivity index (χ2n) is 10.5. The summed E-state index contributed by atoms with van der Waals surface area (Å²) >= 11 is 0. The molecule has 0 aliphatic carbocycles. The van der Waals surface area contributed by atoms with Crippen molar-refractivity contribution in [2.45, 2.75) is 52.2 Å². The van der Waals surface area contributed by atoms with Gasteiger partial charge in [-0.2, -0.15) is 29.8 Å². The second-order valence-corrected chi connectivity index (χ2v) is 16.1. The minimum Gasteiger partial charge on any atom is -0.362 e. The molecule has 1 aliphatic rings. The third-order valence-electron chi connectivity index (χ3n) is 6.37. The summed E-state index contributed by atoms with van der Waals surface area (Å²) < 4.78 is 63.7. The predicted octanol–water partition coefficient (Wildman–Crippen LogP) is 5.11. The molecule has 12 heteroatoms. The lowest BCUT2D eigenvalue weighted by atomic mass is 9.98. The normalized spacial score (nSPS) is 16.2. The zero-order valence-corrected chi connectivity index (χ0v) is 22.2. The molecular weight excluding hydrogens is 506 g/mol. The summed E-state index contributed by atoms with van der Waals surface area (Å²) in [5.74, 6) is -6.12. The van der Waals surface area contributed by atoms with Gasteiger partial charge in [0.05, 0.1) is 12.4 Å². The van der Waals surface area contributed by atoms with Gasteiger partial charge in [-0.3, -0.25) is 9.69 Å². The van der Waals surface area contributed by atoms with Gasteiger partial charge in [0.15, 0.2) is 29.1 Å². The first-order chi connectivity index (χ1) is 17.5. The Labute approximate surface area is 213 Å². The molecule has 1 aliphatic heterocycles. The first-order valence-electron chi connectivity index (χ1n) is 12.0. The van der Waals surface area contributed by atoms with E-state index in [-0.39, 0.29) is 36.8 Å². The maximum atomic E-state index is 15.9. The van der Waals surface area contributed by atoms with Crippen LogP contribution in [0.25, 0.3) is 11.3 Å². The van der Waals surface area contributed by atoms with Crippen LogP contribution in [0.15, 0.2) is 24.5 Å². The average molecular weight is 536 g/mol. The smallest absolute Gasteiger partial charge is 0.231 e. The van der Waals surface area contributed by atoms with E-state index in [2.05, 4.69) is 34.9 Å². The molecule has 1 saturated heterocycles. The molecule has 2 aromatic heterocycles. The van der Waals surface area contributed by atoms with E-state index in [1.165, 1.54) is 22.0 Å². The van der Waals surface area contributed by atoms with Gasteiger partial charge in [0.1, 0.15) is 12.4 Å². The van der Waals surface area contributed by atoms with E-state index < -0.39 is 43.2 Å². The molecule has 37 heavy (non-hydrogen) atoms. The molecule has 1 unspecified atom stereocenters. The van der Waals surface area contributed by atoms with Crippen molar-refractivity contribution in [3.8, 4) is 11.3 Å². The summed E-state index contributed by atoms with van der Waals surface area (Å²) in [5, 5.41) is 12.1. The summed E-state index contributed by atoms with van der Waals surface area (Å²) in [6, 6.07) is 2.67. The minimum absolute atomic E-state index is 0.00811. The number of carbonyl (C=O) groups is 1. The molecule has 1 aromatic carbocycles. The topological polar surface area (TPSA) is 73.1 Å². The molecule has 0 radical (unpaired) electrons. The number of rotatable bonds is 9. The monoisotopic (exact) mass is 535 g/mol. The highest BCUT2D eigenvalue weighted by Gasteiger charge is 2.37. The highest BCUT2D eigenvalue weighted by Crippen LogP contribution is 2.35. The van der Waals surface area contributed by atoms with Gasteiger partial charge >= 0.3 is 0 Å². The number of carbonyl (C=O) groups excluding carboxylic acids is 1. The van der Waals surface area contributed by atoms with Crippen LogP contribution < -0.4 is 4.90 Å². The number of amides is 1. The maximum absolute atomic E-state index is 15.9. The number of hydrogen-bond acceptors (Lipinski definition) is 5. The van der Waals surface area contributed by atoms with Crippen molar-refractivity contribution in [3.05, 3.63) is 58.9 Å². The van der Waals surface area contributed by atoms with Crippen LogP contribution in [0.1, 0.15) is 17.5 Å². The first-order valence-corrected chi connectivity index (χ1v) is 15.7. The Morgan fingerprint density at radius 2 is 1.73 bits per heavy atom. The largest absolute Gasteiger partial charge is 0.362 e. The molecule has 0 N–H and O–H groups in total. The van der Waals surface area contributed by atoms with Gasteiger partial charge in [-0.25, -0.2) is 22.2 Å². The molecule has 1 atom stereocenters. The number of anilines is 1. The van der Waals surface area contributed by atoms with Crippen LogP contribution in [-0.4, -0.2) is 47.1 Å². The quantitative estimate of drug-likeness (QED) is 0.165. The summed E-state index contributed by atoms with van der Waals surface area (Å²) in [6.45, 7) is 9.10. The number of halogens is 4. The number of nitrogens with zero attached hydrogens (tertiary/aromatic N) is 5. The molecule has 3 heterocycles. The van der Waals surface area contributed by atoms with Gasteiger partial charge in [-0.1, -0.05) is 0 Å². The van der Waals surface area contributed by atoms with Crippen molar-refractivity contribution in [2.24, 2.45) is 5.92 Å². The lowest BCUT2D eigenvalue weighted by molar-refractivity contribution is -0.120. The van der Waals surface area contributed by atoms with Gasteiger partial charge in [0, 0.05) is 24.6 Å². The Morgan fingerprint density at radius 3 is 2.38 bits per heavy atom. The van der Waals surface area contributed by atoms with Gasteiger partial charge in [-0.15, -0.1) is 19.2 Å². The Kier molecular flexibility index (Phi) is 7.79. The average Bonchev–Trinajstić information content (AvgIpc) is 3.34. The minimum atomic E-state index is -1.56. The summed E-state index contributed by atoms with van der Waals surface area (Å²) in [6.07, 6.45) is 3.26. The molecule has 1 amide bonds. The third kappa shape index (κ3) is 5.90. The zero-order chi connectivity index (χ0) is 26.9. The van der Waals surface area contributed by atoms with Crippen LogP contribution in [0.5, 0.6) is 0 Å². The van der Waals surface area contributed by atoms with Crippen LogP contribution in [0.2, 0.25) is 25.7 Å². The van der Waals surface area contributed by atoms with Gasteiger partial charge in [0.25, 0.3) is 0 Å². The van der Waals surface area contributed by atoms with E-state index >= 15 is 4.39 Å². The lowest BCUT2D eigenvalue weighted by Gasteiger charge is -2.26. The zero-order valence-electron chi connectivity index (χ0n) is 21.2. The summed E-state index contributed by atoms with van der Waals surface area (Å²) in [5.41, 5.74) is 1.43. The van der Waals surface area contributed by atoms with Crippen molar-refractivity contribution in [2.75, 3.05) is 18.1 Å². The van der Waals surface area contributed by atoms with E-state index in [0.29, 0.717) is 24.2 Å². The number of hydrogen-bond donors (Lipinski definition) is 0. The van der Waals surface area contributed by atoms with Crippen molar-refractivity contribution < 1.29 is 27.1 Å². The second kappa shape index (κ2) is 10.7. The Hall–Kier alpha value is -3.12. The van der Waals surface area contributed by atoms with Crippen LogP contribution >= 0.6 is 0 Å². The number of benzene rings is 1. The standard InChI is InChI=1S/C25H29F4N5O2Si/c1-15-12-30-31-13-18(15)23-22(29)24(32-34(23)14-36-7-8-37(2,3)4)33-6-5-17(25(33)35)9-16-10-19(26)21(28)20(27)11-16/h10-13,17H,5-9,14H2,1-4H3/q-1. The molecule has 1 fully saturated rings. The van der Waals surface area contributed by atoms with Crippen LogP contribution in [0, 0.1) is 36.1 Å². The van der Waals surface area contributed by atoms with E-state index in [1.54, 1.807) is 6.92 Å². The van der Waals surface area contributed by atoms with Gasteiger partial charge in [-0.05, 0) is 43.0 Å². The summed E-state index contributed by atoms with van der Waals surface area (Å²) in [7, 11) is -1.34. The lowest BCUT2D eigenvalue weighted by Crippen LogP contribution is -2.29. The Morgan fingerprint density at radius 1 is 1.05 bits per heavy atom. The van der Waals surface area contributed by atoms with Crippen LogP contribution in [0.4, 0.5) is 23.4 Å². The fourth-order valence-corrected chi connectivity index (χ4v) is 5.02. The van der Waals surface area contributed by atoms with Crippen molar-refractivity contribution in [1.29, 1.82) is 0 Å². The first kappa shape index (κ1) is 26.9. The highest BCUT2D eigenvalue weighted by molar-refractivity contribution is 6.76. The van der Waals surface area contributed by atoms with E-state index in [9.17, 15) is 18.0 Å². The van der Waals surface area contributed by atoms with Gasteiger partial charge < -0.3 is 4.74 Å². The molecule has 0 spiro atoms. The van der Waals surface area contributed by atoms with E-state index in [1.807, 2.05) is 0 Å². The van der Waals surface area contributed by atoms with Crippen molar-refractivity contribution in [3.63, 3.8) is 0 Å².